The molecule has 0 radical (unpaired) electrons. The molecular weight excluding hydrogens is 214 g/mol. The SMILES string of the molecule is Cc1ccc(N)cc1C(=O)N(C)C(C)CC#N. The van der Waals surface area contributed by atoms with Gasteiger partial charge in [0.25, 0.3) is 5.91 Å². The fraction of sp³-hybridized carbons (Fsp3) is 0.385. The van der Waals surface area contributed by atoms with Crippen LogP contribution in [0.25, 0.3) is 0 Å². The number of amides is 1. The highest BCUT2D eigenvalue weighted by molar-refractivity contribution is 5.96. The van der Waals surface area contributed by atoms with Crippen LogP contribution < -0.4 is 5.73 Å². The first-order chi connectivity index (χ1) is 7.97. The molecule has 1 rings (SSSR count). The average molecular weight is 231 g/mol. The minimum Gasteiger partial charge on any atom is -0.399 e. The minimum atomic E-state index is -0.103. The fourth-order valence-corrected chi connectivity index (χ4v) is 1.53. The Bertz CT molecular complexity index is 462. The van der Waals surface area contributed by atoms with E-state index in [4.69, 9.17) is 11.0 Å². The predicted molar refractivity (Wildman–Crippen MR) is 67.4 cm³/mol. The van der Waals surface area contributed by atoms with Gasteiger partial charge in [0.15, 0.2) is 0 Å². The zero-order valence-electron chi connectivity index (χ0n) is 10.4. The first-order valence-electron chi connectivity index (χ1n) is 5.47. The lowest BCUT2D eigenvalue weighted by atomic mass is 10.1. The van der Waals surface area contributed by atoms with Crippen LogP contribution in [0.1, 0.15) is 29.3 Å². The summed E-state index contributed by atoms with van der Waals surface area (Å²) in [6.45, 7) is 3.72. The number of nitrogens with two attached hydrogens (primary N) is 1. The molecule has 90 valence electrons. The lowest BCUT2D eigenvalue weighted by Gasteiger charge is -2.23. The van der Waals surface area contributed by atoms with Gasteiger partial charge in [-0.05, 0) is 31.5 Å². The number of carbonyl (C=O) groups is 1. The zero-order chi connectivity index (χ0) is 13.0. The monoisotopic (exact) mass is 231 g/mol. The molecule has 1 aromatic carbocycles. The van der Waals surface area contributed by atoms with Crippen LogP contribution in [0.15, 0.2) is 18.2 Å². The van der Waals surface area contributed by atoms with E-state index >= 15 is 0 Å². The number of benzene rings is 1. The summed E-state index contributed by atoms with van der Waals surface area (Å²) in [6, 6.07) is 7.23. The Balaban J connectivity index is 2.96. The van der Waals surface area contributed by atoms with E-state index in [1.165, 1.54) is 0 Å². The van der Waals surface area contributed by atoms with E-state index < -0.39 is 0 Å². The summed E-state index contributed by atoms with van der Waals surface area (Å²) >= 11 is 0. The summed E-state index contributed by atoms with van der Waals surface area (Å²) in [5.74, 6) is -0.0995. The van der Waals surface area contributed by atoms with Crippen LogP contribution in [-0.4, -0.2) is 23.9 Å². The lowest BCUT2D eigenvalue weighted by Crippen LogP contribution is -2.35. The summed E-state index contributed by atoms with van der Waals surface area (Å²) in [5, 5.41) is 8.63. The van der Waals surface area contributed by atoms with Crippen LogP contribution >= 0.6 is 0 Å². The number of nitriles is 1. The molecule has 0 heterocycles. The van der Waals surface area contributed by atoms with E-state index in [2.05, 4.69) is 6.07 Å². The van der Waals surface area contributed by atoms with Crippen molar-refractivity contribution in [1.29, 1.82) is 5.26 Å². The molecule has 0 aliphatic rings. The maximum atomic E-state index is 12.2. The molecule has 0 aromatic heterocycles. The van der Waals surface area contributed by atoms with Crippen LogP contribution in [-0.2, 0) is 0 Å². The van der Waals surface area contributed by atoms with Gasteiger partial charge in [-0.3, -0.25) is 4.79 Å². The molecule has 2 N–H and O–H groups in total. The van der Waals surface area contributed by atoms with Crippen LogP contribution in [0.2, 0.25) is 0 Å². The highest BCUT2D eigenvalue weighted by Gasteiger charge is 2.18. The molecule has 1 amide bonds. The molecule has 0 spiro atoms. The topological polar surface area (TPSA) is 70.1 Å². The van der Waals surface area contributed by atoms with E-state index in [1.54, 1.807) is 24.1 Å². The third-order valence-corrected chi connectivity index (χ3v) is 2.86. The largest absolute Gasteiger partial charge is 0.399 e. The molecule has 0 bridgehead atoms. The van der Waals surface area contributed by atoms with Crippen molar-refractivity contribution in [2.24, 2.45) is 0 Å². The fourth-order valence-electron chi connectivity index (χ4n) is 1.53. The predicted octanol–water partition coefficient (Wildman–Crippen LogP) is 1.95. The molecule has 1 unspecified atom stereocenters. The van der Waals surface area contributed by atoms with E-state index in [1.807, 2.05) is 19.9 Å². The summed E-state index contributed by atoms with van der Waals surface area (Å²) in [5.41, 5.74) is 7.73. The van der Waals surface area contributed by atoms with Gasteiger partial charge in [0, 0.05) is 24.3 Å². The maximum absolute atomic E-state index is 12.2. The van der Waals surface area contributed by atoms with Gasteiger partial charge in [0.2, 0.25) is 0 Å². The van der Waals surface area contributed by atoms with Gasteiger partial charge in [-0.15, -0.1) is 0 Å². The van der Waals surface area contributed by atoms with Gasteiger partial charge < -0.3 is 10.6 Å². The molecule has 17 heavy (non-hydrogen) atoms. The molecule has 0 saturated heterocycles. The summed E-state index contributed by atoms with van der Waals surface area (Å²) < 4.78 is 0. The van der Waals surface area contributed by atoms with E-state index in [0.717, 1.165) is 5.56 Å². The highest BCUT2D eigenvalue weighted by atomic mass is 16.2. The molecule has 4 nitrogen and oxygen atoms in total. The molecule has 0 aliphatic heterocycles. The van der Waals surface area contributed by atoms with Gasteiger partial charge in [0.1, 0.15) is 0 Å². The van der Waals surface area contributed by atoms with Crippen LogP contribution in [0.3, 0.4) is 0 Å². The van der Waals surface area contributed by atoms with Crippen molar-refractivity contribution in [2.75, 3.05) is 12.8 Å². The van der Waals surface area contributed by atoms with Crippen molar-refractivity contribution in [2.45, 2.75) is 26.3 Å². The first kappa shape index (κ1) is 13.0. The molecule has 4 heteroatoms. The number of carbonyl (C=O) groups excluding carboxylic acids is 1. The van der Waals surface area contributed by atoms with Crippen molar-refractivity contribution in [1.82, 2.24) is 4.90 Å². The van der Waals surface area contributed by atoms with Gasteiger partial charge in [-0.2, -0.15) is 5.26 Å². The Morgan fingerprint density at radius 1 is 1.59 bits per heavy atom. The molecule has 0 aliphatic carbocycles. The third-order valence-electron chi connectivity index (χ3n) is 2.86. The quantitative estimate of drug-likeness (QED) is 0.808. The lowest BCUT2D eigenvalue weighted by molar-refractivity contribution is 0.0745. The second kappa shape index (κ2) is 5.35. The average Bonchev–Trinajstić information content (AvgIpc) is 2.30. The maximum Gasteiger partial charge on any atom is 0.254 e. The minimum absolute atomic E-state index is 0.0995. The van der Waals surface area contributed by atoms with Gasteiger partial charge in [0.05, 0.1) is 12.5 Å². The number of nitrogens with zero attached hydrogens (tertiary/aromatic N) is 2. The molecule has 0 fully saturated rings. The van der Waals surface area contributed by atoms with Crippen molar-refractivity contribution in [3.8, 4) is 6.07 Å². The molecule has 1 aromatic rings. The Morgan fingerprint density at radius 2 is 2.24 bits per heavy atom. The summed E-state index contributed by atoms with van der Waals surface area (Å²) in [4.78, 5) is 13.8. The number of anilines is 1. The van der Waals surface area contributed by atoms with Gasteiger partial charge in [-0.1, -0.05) is 6.07 Å². The number of hydrogen-bond donors (Lipinski definition) is 1. The summed E-state index contributed by atoms with van der Waals surface area (Å²) in [7, 11) is 1.70. The number of rotatable bonds is 3. The summed E-state index contributed by atoms with van der Waals surface area (Å²) in [6.07, 6.45) is 0.323. The van der Waals surface area contributed by atoms with Gasteiger partial charge >= 0.3 is 0 Å². The smallest absolute Gasteiger partial charge is 0.254 e. The first-order valence-corrected chi connectivity index (χ1v) is 5.47. The van der Waals surface area contributed by atoms with E-state index in [9.17, 15) is 4.79 Å². The Morgan fingerprint density at radius 3 is 2.82 bits per heavy atom. The number of nitrogen functional groups attached to an aromatic ring is 1. The molecule has 0 saturated carbocycles. The van der Waals surface area contributed by atoms with Gasteiger partial charge in [-0.25, -0.2) is 0 Å². The van der Waals surface area contributed by atoms with Crippen molar-refractivity contribution >= 4 is 11.6 Å². The zero-order valence-corrected chi connectivity index (χ0v) is 10.4. The third kappa shape index (κ3) is 2.97. The highest BCUT2D eigenvalue weighted by Crippen LogP contribution is 2.16. The van der Waals surface area contributed by atoms with Crippen molar-refractivity contribution < 1.29 is 4.79 Å². The standard InChI is InChI=1S/C13H17N3O/c1-9-4-5-11(15)8-12(9)13(17)16(3)10(2)6-7-14/h4-5,8,10H,6,15H2,1-3H3. The van der Waals surface area contributed by atoms with Crippen LogP contribution in [0.5, 0.6) is 0 Å². The number of aryl methyl sites for hydroxylation is 1. The Hall–Kier alpha value is -2.02. The second-order valence-corrected chi connectivity index (χ2v) is 4.20. The van der Waals surface area contributed by atoms with Crippen molar-refractivity contribution in [3.05, 3.63) is 29.3 Å². The Kier molecular flexibility index (Phi) is 4.11. The molecule has 1 atom stereocenters. The Labute approximate surface area is 102 Å². The van der Waals surface area contributed by atoms with Crippen molar-refractivity contribution in [3.63, 3.8) is 0 Å². The van der Waals surface area contributed by atoms with E-state index in [-0.39, 0.29) is 11.9 Å². The van der Waals surface area contributed by atoms with Crippen LogP contribution in [0.4, 0.5) is 5.69 Å². The molecular formula is C13H17N3O. The van der Waals surface area contributed by atoms with Crippen LogP contribution in [0, 0.1) is 18.3 Å². The second-order valence-electron chi connectivity index (χ2n) is 4.20. The van der Waals surface area contributed by atoms with E-state index in [0.29, 0.717) is 17.7 Å². The normalized spacial score (nSPS) is 11.6. The number of hydrogen-bond acceptors (Lipinski definition) is 3.